The lowest BCUT2D eigenvalue weighted by atomic mass is 10.1. The van der Waals surface area contributed by atoms with Crippen molar-refractivity contribution < 1.29 is 0 Å². The van der Waals surface area contributed by atoms with Gasteiger partial charge < -0.3 is 10.6 Å². The first-order valence-electron chi connectivity index (χ1n) is 4.75. The molecule has 0 aliphatic carbocycles. The summed E-state index contributed by atoms with van der Waals surface area (Å²) < 4.78 is 1.41. The van der Waals surface area contributed by atoms with E-state index in [2.05, 4.69) is 18.7 Å². The molecule has 4 heteroatoms. The molecule has 0 aliphatic heterocycles. The van der Waals surface area contributed by atoms with Gasteiger partial charge in [-0.25, -0.2) is 0 Å². The van der Waals surface area contributed by atoms with Gasteiger partial charge in [0.15, 0.2) is 0 Å². The first-order valence-corrected chi connectivity index (χ1v) is 5.56. The van der Waals surface area contributed by atoms with E-state index in [1.165, 1.54) is 0 Å². The summed E-state index contributed by atoms with van der Waals surface area (Å²) in [7, 11) is 2.01. The Kier molecular flexibility index (Phi) is 3.61. The molecule has 0 spiro atoms. The molecule has 0 fully saturated rings. The molecule has 0 aliphatic rings. The molecule has 1 aromatic carbocycles. The molecule has 1 aromatic rings. The van der Waals surface area contributed by atoms with E-state index in [0.717, 1.165) is 23.2 Å². The third-order valence-electron chi connectivity index (χ3n) is 2.34. The number of nitrogens with two attached hydrogens (primary N) is 1. The Balaban J connectivity index is 2.68. The van der Waals surface area contributed by atoms with Crippen molar-refractivity contribution in [3.8, 4) is 0 Å². The lowest BCUT2D eigenvalue weighted by Gasteiger charge is -2.24. The third-order valence-corrected chi connectivity index (χ3v) is 3.30. The van der Waals surface area contributed by atoms with E-state index in [4.69, 9.17) is 30.2 Å². The maximum atomic E-state index is 5.77. The normalized spacial score (nSPS) is 11.1. The van der Waals surface area contributed by atoms with Crippen molar-refractivity contribution in [2.45, 2.75) is 20.3 Å². The van der Waals surface area contributed by atoms with Crippen LogP contribution in [0.4, 0.5) is 11.4 Å². The minimum atomic E-state index is 0.659. The fourth-order valence-electron chi connectivity index (χ4n) is 1.34. The van der Waals surface area contributed by atoms with Gasteiger partial charge in [0.2, 0.25) is 0 Å². The summed E-state index contributed by atoms with van der Waals surface area (Å²) in [5.41, 5.74) is 7.43. The number of hydrogen-bond donors (Lipinski definition) is 1. The average molecular weight is 228 g/mol. The summed E-state index contributed by atoms with van der Waals surface area (Å²) in [6.45, 7) is 5.39. The molecule has 0 aromatic heterocycles. The Labute approximate surface area is 95.4 Å². The van der Waals surface area contributed by atoms with Crippen LogP contribution in [0.25, 0.3) is 0 Å². The summed E-state index contributed by atoms with van der Waals surface area (Å²) in [4.78, 5) is 2.10. The minimum Gasteiger partial charge on any atom is -0.396 e. The average Bonchev–Trinajstić information content (AvgIpc) is 2.14. The molecule has 0 heterocycles. The van der Waals surface area contributed by atoms with Gasteiger partial charge in [-0.2, -0.15) is 0 Å². The lowest BCUT2D eigenvalue weighted by Crippen LogP contribution is -2.23. The van der Waals surface area contributed by atoms with Gasteiger partial charge >= 0.3 is 0 Å². The topological polar surface area (TPSA) is 29.3 Å². The molecular weight excluding hydrogens is 212 g/mol. The third kappa shape index (κ3) is 2.12. The van der Waals surface area contributed by atoms with E-state index in [0.29, 0.717) is 16.1 Å². The highest BCUT2D eigenvalue weighted by molar-refractivity contribution is 7.74. The largest absolute Gasteiger partial charge is 0.396 e. The van der Waals surface area contributed by atoms with Crippen LogP contribution >= 0.6 is 24.4 Å². The van der Waals surface area contributed by atoms with Crippen LogP contribution in [0.1, 0.15) is 20.3 Å². The number of nitrogens with zero attached hydrogens (tertiary/aromatic N) is 1. The van der Waals surface area contributed by atoms with Crippen molar-refractivity contribution in [1.82, 2.24) is 0 Å². The smallest absolute Gasteiger partial charge is 0.0834 e. The van der Waals surface area contributed by atoms with Crippen molar-refractivity contribution in [3.63, 3.8) is 0 Å². The van der Waals surface area contributed by atoms with Gasteiger partial charge in [0.1, 0.15) is 0 Å². The summed E-state index contributed by atoms with van der Waals surface area (Å²) in [5.74, 6) is 0.694. The standard InChI is InChI=1S/C10H16N2S2/c1-6(2)4-5-12(3)8-7(11)9(13)10(8)14/h6H,4-5,11H2,1-3H3. The van der Waals surface area contributed by atoms with Gasteiger partial charge in [-0.15, -0.1) is 0 Å². The Bertz CT molecular complexity index is 389. The van der Waals surface area contributed by atoms with Crippen LogP contribution in [-0.4, -0.2) is 13.6 Å². The Morgan fingerprint density at radius 2 is 1.86 bits per heavy atom. The predicted molar refractivity (Wildman–Crippen MR) is 67.6 cm³/mol. The molecule has 0 amide bonds. The van der Waals surface area contributed by atoms with Crippen molar-refractivity contribution in [2.75, 3.05) is 24.2 Å². The number of hydrogen-bond acceptors (Lipinski definition) is 4. The fraction of sp³-hybridized carbons (Fsp3) is 0.600. The van der Waals surface area contributed by atoms with Crippen LogP contribution in [0.5, 0.6) is 0 Å². The highest BCUT2D eigenvalue weighted by Gasteiger charge is 2.15. The summed E-state index contributed by atoms with van der Waals surface area (Å²) in [6, 6.07) is 0. The predicted octanol–water partition coefficient (Wildman–Crippen LogP) is 3.09. The van der Waals surface area contributed by atoms with Crippen molar-refractivity contribution >= 4 is 35.8 Å². The highest BCUT2D eigenvalue weighted by atomic mass is 32.1. The SMILES string of the molecule is CC(C)CCN(C)c1c(N)c(=S)c1=S. The molecule has 0 saturated carbocycles. The molecule has 14 heavy (non-hydrogen) atoms. The van der Waals surface area contributed by atoms with Gasteiger partial charge in [0.05, 0.1) is 20.4 Å². The molecule has 0 radical (unpaired) electrons. The quantitative estimate of drug-likeness (QED) is 0.802. The monoisotopic (exact) mass is 228 g/mol. The van der Waals surface area contributed by atoms with Crippen LogP contribution in [0.15, 0.2) is 0 Å². The van der Waals surface area contributed by atoms with E-state index in [1.807, 2.05) is 7.05 Å². The van der Waals surface area contributed by atoms with Crippen LogP contribution in [0, 0.1) is 14.9 Å². The summed E-state index contributed by atoms with van der Waals surface area (Å²) in [6.07, 6.45) is 1.14. The van der Waals surface area contributed by atoms with Crippen molar-refractivity contribution in [1.29, 1.82) is 0 Å². The molecule has 0 unspecified atom stereocenters. The van der Waals surface area contributed by atoms with Crippen LogP contribution in [-0.2, 0) is 0 Å². The first kappa shape index (κ1) is 11.6. The lowest BCUT2D eigenvalue weighted by molar-refractivity contribution is 0.585. The maximum Gasteiger partial charge on any atom is 0.0834 e. The highest BCUT2D eigenvalue weighted by Crippen LogP contribution is 2.32. The van der Waals surface area contributed by atoms with E-state index >= 15 is 0 Å². The van der Waals surface area contributed by atoms with Crippen LogP contribution in [0.2, 0.25) is 0 Å². The van der Waals surface area contributed by atoms with Gasteiger partial charge in [0.25, 0.3) is 0 Å². The van der Waals surface area contributed by atoms with Gasteiger partial charge in [0, 0.05) is 13.6 Å². The minimum absolute atomic E-state index is 0.659. The zero-order chi connectivity index (χ0) is 10.9. The zero-order valence-electron chi connectivity index (χ0n) is 8.83. The number of rotatable bonds is 4. The Morgan fingerprint density at radius 3 is 2.29 bits per heavy atom. The molecule has 0 saturated heterocycles. The molecular formula is C10H16N2S2. The van der Waals surface area contributed by atoms with Crippen LogP contribution < -0.4 is 10.6 Å². The number of nitrogen functional groups attached to an aromatic ring is 1. The van der Waals surface area contributed by atoms with Gasteiger partial charge in [-0.1, -0.05) is 38.3 Å². The van der Waals surface area contributed by atoms with E-state index in [-0.39, 0.29) is 0 Å². The molecule has 2 N–H and O–H groups in total. The molecule has 0 bridgehead atoms. The second-order valence-electron chi connectivity index (χ2n) is 4.02. The van der Waals surface area contributed by atoms with Gasteiger partial charge in [-0.3, -0.25) is 0 Å². The second kappa shape index (κ2) is 4.36. The van der Waals surface area contributed by atoms with Crippen LogP contribution in [0.3, 0.4) is 0 Å². The fourth-order valence-corrected chi connectivity index (χ4v) is 1.91. The van der Waals surface area contributed by atoms with E-state index in [9.17, 15) is 0 Å². The molecule has 2 nitrogen and oxygen atoms in total. The summed E-state index contributed by atoms with van der Waals surface area (Å²) in [5, 5.41) is 0. The number of anilines is 2. The Morgan fingerprint density at radius 1 is 1.29 bits per heavy atom. The van der Waals surface area contributed by atoms with E-state index in [1.54, 1.807) is 0 Å². The second-order valence-corrected chi connectivity index (χ2v) is 4.84. The van der Waals surface area contributed by atoms with E-state index < -0.39 is 0 Å². The van der Waals surface area contributed by atoms with Gasteiger partial charge in [-0.05, 0) is 12.3 Å². The summed E-state index contributed by atoms with van der Waals surface area (Å²) >= 11 is 10.2. The maximum absolute atomic E-state index is 5.77. The molecule has 0 atom stereocenters. The van der Waals surface area contributed by atoms with Crippen molar-refractivity contribution in [2.24, 2.45) is 5.92 Å². The van der Waals surface area contributed by atoms with Crippen molar-refractivity contribution in [3.05, 3.63) is 9.02 Å². The first-order chi connectivity index (χ1) is 6.45. The Hall–Kier alpha value is -0.480. The molecule has 1 rings (SSSR count). The molecule has 78 valence electrons. The zero-order valence-corrected chi connectivity index (χ0v) is 10.5.